The largest absolute Gasteiger partial charge is 0.301 e. The van der Waals surface area contributed by atoms with Crippen LogP contribution in [0.1, 0.15) is 35.7 Å². The number of rotatable bonds is 6. The molecule has 1 fully saturated rings. The van der Waals surface area contributed by atoms with Crippen molar-refractivity contribution in [1.29, 1.82) is 0 Å². The molecule has 2 aromatic carbocycles. The summed E-state index contributed by atoms with van der Waals surface area (Å²) in [7, 11) is 0. The standard InChI is InChI=1S/C22H19FN4S/c23-19-11-17-7-4-10-24-20(17)18(12-19)14-28-22-26-25-21(16-8-9-16)27(22)13-15-5-2-1-3-6-15/h1-7,10-12,16H,8-9,13-14H2. The van der Waals surface area contributed by atoms with E-state index in [1.165, 1.54) is 24.5 Å². The number of nitrogens with zero attached hydrogens (tertiary/aromatic N) is 4. The number of thioether (sulfide) groups is 1. The van der Waals surface area contributed by atoms with E-state index in [-0.39, 0.29) is 5.82 Å². The molecule has 6 heteroatoms. The Balaban J connectivity index is 1.45. The van der Waals surface area contributed by atoms with Crippen molar-refractivity contribution in [3.8, 4) is 0 Å². The molecule has 0 amide bonds. The van der Waals surface area contributed by atoms with Gasteiger partial charge in [-0.3, -0.25) is 4.98 Å². The highest BCUT2D eigenvalue weighted by molar-refractivity contribution is 7.98. The quantitative estimate of drug-likeness (QED) is 0.425. The summed E-state index contributed by atoms with van der Waals surface area (Å²) < 4.78 is 16.3. The van der Waals surface area contributed by atoms with Crippen LogP contribution in [0.25, 0.3) is 10.9 Å². The van der Waals surface area contributed by atoms with Crippen LogP contribution in [0, 0.1) is 5.82 Å². The van der Waals surface area contributed by atoms with Crippen LogP contribution in [0.3, 0.4) is 0 Å². The molecule has 0 saturated heterocycles. The summed E-state index contributed by atoms with van der Waals surface area (Å²) in [6.45, 7) is 0.754. The van der Waals surface area contributed by atoms with E-state index < -0.39 is 0 Å². The third kappa shape index (κ3) is 3.52. The Morgan fingerprint density at radius 3 is 2.71 bits per heavy atom. The zero-order valence-electron chi connectivity index (χ0n) is 15.3. The number of fused-ring (bicyclic) bond motifs is 1. The van der Waals surface area contributed by atoms with Gasteiger partial charge in [-0.2, -0.15) is 0 Å². The predicted octanol–water partition coefficient (Wildman–Crippen LogP) is 5.18. The molecule has 0 spiro atoms. The number of hydrogen-bond acceptors (Lipinski definition) is 4. The zero-order valence-corrected chi connectivity index (χ0v) is 16.1. The SMILES string of the molecule is Fc1cc(CSc2nnc(C3CC3)n2Cc2ccccc2)c2ncccc2c1. The Kier molecular flexibility index (Phi) is 4.56. The van der Waals surface area contributed by atoms with E-state index in [0.717, 1.165) is 34.0 Å². The normalized spacial score (nSPS) is 13.9. The minimum atomic E-state index is -0.236. The first-order chi connectivity index (χ1) is 13.8. The van der Waals surface area contributed by atoms with Crippen LogP contribution in [0.2, 0.25) is 0 Å². The Morgan fingerprint density at radius 2 is 1.89 bits per heavy atom. The Bertz CT molecular complexity index is 1120. The summed E-state index contributed by atoms with van der Waals surface area (Å²) in [5.74, 6) is 1.94. The number of hydrogen-bond donors (Lipinski definition) is 0. The highest BCUT2D eigenvalue weighted by atomic mass is 32.2. The fraction of sp³-hybridized carbons (Fsp3) is 0.227. The van der Waals surface area contributed by atoms with Gasteiger partial charge in [0, 0.05) is 23.3 Å². The maximum Gasteiger partial charge on any atom is 0.191 e. The molecule has 5 rings (SSSR count). The van der Waals surface area contributed by atoms with Crippen LogP contribution in [0.15, 0.2) is 66.0 Å². The van der Waals surface area contributed by atoms with Crippen LogP contribution in [-0.2, 0) is 12.3 Å². The summed E-state index contributed by atoms with van der Waals surface area (Å²) in [5, 5.41) is 10.6. The van der Waals surface area contributed by atoms with Crippen molar-refractivity contribution in [3.63, 3.8) is 0 Å². The van der Waals surface area contributed by atoms with E-state index in [2.05, 4.69) is 31.9 Å². The molecule has 1 aliphatic carbocycles. The second-order valence-electron chi connectivity index (χ2n) is 7.12. The fourth-order valence-electron chi connectivity index (χ4n) is 3.44. The monoisotopic (exact) mass is 390 g/mol. The molecule has 0 bridgehead atoms. The van der Waals surface area contributed by atoms with Crippen LogP contribution >= 0.6 is 11.8 Å². The van der Waals surface area contributed by atoms with Gasteiger partial charge in [-0.15, -0.1) is 10.2 Å². The molecule has 2 heterocycles. The van der Waals surface area contributed by atoms with Crippen LogP contribution in [0.4, 0.5) is 4.39 Å². The topological polar surface area (TPSA) is 43.6 Å². The molecule has 0 unspecified atom stereocenters. The summed E-state index contributed by atoms with van der Waals surface area (Å²) in [6.07, 6.45) is 4.10. The summed E-state index contributed by atoms with van der Waals surface area (Å²) in [6, 6.07) is 17.2. The van der Waals surface area contributed by atoms with Gasteiger partial charge in [-0.25, -0.2) is 4.39 Å². The first-order valence-corrected chi connectivity index (χ1v) is 10.4. The van der Waals surface area contributed by atoms with Gasteiger partial charge < -0.3 is 4.57 Å². The summed E-state index contributed by atoms with van der Waals surface area (Å²) in [5.41, 5.74) is 2.94. The third-order valence-electron chi connectivity index (χ3n) is 4.98. The van der Waals surface area contributed by atoms with Crippen molar-refractivity contribution in [2.75, 3.05) is 0 Å². The minimum absolute atomic E-state index is 0.236. The molecule has 4 nitrogen and oxygen atoms in total. The van der Waals surface area contributed by atoms with Gasteiger partial charge in [0.1, 0.15) is 11.6 Å². The second-order valence-corrected chi connectivity index (χ2v) is 8.06. The maximum atomic E-state index is 14.0. The van der Waals surface area contributed by atoms with Crippen molar-refractivity contribution < 1.29 is 4.39 Å². The van der Waals surface area contributed by atoms with Gasteiger partial charge in [0.2, 0.25) is 0 Å². The number of benzene rings is 2. The molecule has 0 aliphatic heterocycles. The average molecular weight is 390 g/mol. The van der Waals surface area contributed by atoms with E-state index in [0.29, 0.717) is 11.7 Å². The van der Waals surface area contributed by atoms with Crippen molar-refractivity contribution >= 4 is 22.7 Å². The van der Waals surface area contributed by atoms with E-state index in [4.69, 9.17) is 0 Å². The fourth-order valence-corrected chi connectivity index (χ4v) is 4.36. The highest BCUT2D eigenvalue weighted by Gasteiger charge is 2.30. The second kappa shape index (κ2) is 7.36. The molecule has 1 saturated carbocycles. The van der Waals surface area contributed by atoms with Crippen molar-refractivity contribution in [1.82, 2.24) is 19.7 Å². The molecule has 140 valence electrons. The molecular formula is C22H19FN4S. The van der Waals surface area contributed by atoms with E-state index in [9.17, 15) is 4.39 Å². The molecule has 4 aromatic rings. The molecule has 0 N–H and O–H groups in total. The van der Waals surface area contributed by atoms with Crippen LogP contribution < -0.4 is 0 Å². The van der Waals surface area contributed by atoms with Gasteiger partial charge in [-0.1, -0.05) is 48.2 Å². The zero-order chi connectivity index (χ0) is 18.9. The lowest BCUT2D eigenvalue weighted by molar-refractivity contribution is 0.628. The first-order valence-electron chi connectivity index (χ1n) is 9.41. The van der Waals surface area contributed by atoms with E-state index in [1.54, 1.807) is 24.0 Å². The van der Waals surface area contributed by atoms with E-state index >= 15 is 0 Å². The Labute approximate surface area is 166 Å². The predicted molar refractivity (Wildman–Crippen MR) is 109 cm³/mol. The lowest BCUT2D eigenvalue weighted by Crippen LogP contribution is -2.06. The molecule has 2 aromatic heterocycles. The smallest absolute Gasteiger partial charge is 0.191 e. The molecule has 0 radical (unpaired) electrons. The lowest BCUT2D eigenvalue weighted by Gasteiger charge is -2.11. The minimum Gasteiger partial charge on any atom is -0.301 e. The van der Waals surface area contributed by atoms with Crippen molar-refractivity contribution in [3.05, 3.63) is 83.6 Å². The molecule has 0 atom stereocenters. The first kappa shape index (κ1) is 17.4. The molecule has 28 heavy (non-hydrogen) atoms. The van der Waals surface area contributed by atoms with Gasteiger partial charge in [0.05, 0.1) is 12.1 Å². The third-order valence-corrected chi connectivity index (χ3v) is 5.99. The summed E-state index contributed by atoms with van der Waals surface area (Å²) >= 11 is 1.59. The van der Waals surface area contributed by atoms with Crippen LogP contribution in [-0.4, -0.2) is 19.7 Å². The average Bonchev–Trinajstić information content (AvgIpc) is 3.49. The molecular weight excluding hydrogens is 371 g/mol. The van der Waals surface area contributed by atoms with Crippen LogP contribution in [0.5, 0.6) is 0 Å². The Morgan fingerprint density at radius 1 is 1.04 bits per heavy atom. The maximum absolute atomic E-state index is 14.0. The lowest BCUT2D eigenvalue weighted by atomic mass is 10.1. The molecule has 1 aliphatic rings. The van der Waals surface area contributed by atoms with Gasteiger partial charge >= 0.3 is 0 Å². The Hall–Kier alpha value is -2.73. The number of pyridine rings is 1. The van der Waals surface area contributed by atoms with Crippen molar-refractivity contribution in [2.45, 2.75) is 36.2 Å². The summed E-state index contributed by atoms with van der Waals surface area (Å²) in [4.78, 5) is 4.45. The van der Waals surface area contributed by atoms with Gasteiger partial charge in [0.25, 0.3) is 0 Å². The van der Waals surface area contributed by atoms with E-state index in [1.807, 2.05) is 30.3 Å². The van der Waals surface area contributed by atoms with Gasteiger partial charge in [-0.05, 0) is 42.2 Å². The van der Waals surface area contributed by atoms with Crippen molar-refractivity contribution in [2.24, 2.45) is 0 Å². The van der Waals surface area contributed by atoms with Gasteiger partial charge in [0.15, 0.2) is 5.16 Å². The number of aromatic nitrogens is 4. The highest BCUT2D eigenvalue weighted by Crippen LogP contribution is 2.40. The number of halogens is 1.